The lowest BCUT2D eigenvalue weighted by atomic mass is 10.1. The van der Waals surface area contributed by atoms with Gasteiger partial charge >= 0.3 is 12.0 Å². The largest absolute Gasteiger partial charge is 0.367 e. The van der Waals surface area contributed by atoms with Gasteiger partial charge in [-0.1, -0.05) is 42.5 Å². The van der Waals surface area contributed by atoms with Crippen LogP contribution in [0.5, 0.6) is 0 Å². The van der Waals surface area contributed by atoms with Gasteiger partial charge in [-0.2, -0.15) is 0 Å². The second-order valence-electron chi connectivity index (χ2n) is 8.80. The number of halogens is 1. The molecule has 2 N–H and O–H groups in total. The van der Waals surface area contributed by atoms with Crippen molar-refractivity contribution >= 4 is 29.1 Å². The van der Waals surface area contributed by atoms with Crippen LogP contribution in [0, 0.1) is 6.92 Å². The number of carbonyl (C=O) groups excluding carboxylic acids is 2. The highest BCUT2D eigenvalue weighted by Crippen LogP contribution is 2.20. The number of hydrogen-bond donors (Lipinski definition) is 2. The predicted molar refractivity (Wildman–Crippen MR) is 146 cm³/mol. The maximum absolute atomic E-state index is 13.2. The summed E-state index contributed by atoms with van der Waals surface area (Å²) in [7, 11) is 1.65. The zero-order valence-corrected chi connectivity index (χ0v) is 21.0. The number of aryl methyl sites for hydroxylation is 1. The van der Waals surface area contributed by atoms with Gasteiger partial charge in [0.2, 0.25) is 0 Å². The number of nitrogens with zero attached hydrogens (tertiary/aromatic N) is 2. The lowest BCUT2D eigenvalue weighted by molar-refractivity contribution is -0.181. The fourth-order valence-electron chi connectivity index (χ4n) is 3.97. The zero-order valence-electron chi connectivity index (χ0n) is 21.0. The number of hydrogen-bond acceptors (Lipinski definition) is 5. The number of rotatable bonds is 8. The van der Waals surface area contributed by atoms with Crippen molar-refractivity contribution in [3.05, 3.63) is 113 Å². The van der Waals surface area contributed by atoms with E-state index in [1.54, 1.807) is 65.2 Å². The topological polar surface area (TPSA) is 92.7 Å². The summed E-state index contributed by atoms with van der Waals surface area (Å²) in [6, 6.07) is 25.1. The fraction of sp³-hybridized carbons (Fsp3) is 0.138. The lowest BCUT2D eigenvalue weighted by Gasteiger charge is -2.17. The minimum absolute atomic E-state index is 0.155. The molecule has 0 radical (unpaired) electrons. The molecule has 1 heterocycles. The lowest BCUT2D eigenvalue weighted by Crippen LogP contribution is -2.25. The van der Waals surface area contributed by atoms with Crippen LogP contribution in [0.3, 0.4) is 0 Å². The van der Waals surface area contributed by atoms with Crippen molar-refractivity contribution < 1.29 is 19.1 Å². The third-order valence-corrected chi connectivity index (χ3v) is 6.05. The standard InChI is InChI=1S/C29H27FN4O4/c1-20-6-3-4-8-26(20)32-29(37)31-23-13-11-22(12-14-23)25-7-5-17-34(28(25)36)18-21-9-15-24(16-10-21)33(2)19-27(35)38-30/h3-17H,18-19H2,1-2H3,(H2,31,32,37). The van der Waals surface area contributed by atoms with Crippen LogP contribution in [0.4, 0.5) is 26.4 Å². The van der Waals surface area contributed by atoms with E-state index in [0.29, 0.717) is 23.5 Å². The number of amides is 2. The minimum Gasteiger partial charge on any atom is -0.364 e. The summed E-state index contributed by atoms with van der Waals surface area (Å²) in [6.07, 6.45) is 1.72. The molecule has 8 nitrogen and oxygen atoms in total. The van der Waals surface area contributed by atoms with E-state index in [1.165, 1.54) is 0 Å². The Kier molecular flexibility index (Phi) is 8.17. The molecule has 0 spiro atoms. The molecule has 0 aliphatic rings. The summed E-state index contributed by atoms with van der Waals surface area (Å²) in [5, 5.41) is 5.62. The van der Waals surface area contributed by atoms with Crippen LogP contribution in [0.2, 0.25) is 0 Å². The van der Waals surface area contributed by atoms with E-state index in [-0.39, 0.29) is 18.1 Å². The van der Waals surface area contributed by atoms with Crippen LogP contribution in [-0.2, 0) is 16.3 Å². The SMILES string of the molecule is Cc1ccccc1NC(=O)Nc1ccc(-c2cccn(Cc3ccc(N(C)CC(=O)OF)cc3)c2=O)cc1. The van der Waals surface area contributed by atoms with Crippen LogP contribution in [-0.4, -0.2) is 30.2 Å². The number of aromatic nitrogens is 1. The van der Waals surface area contributed by atoms with E-state index in [4.69, 9.17) is 0 Å². The second kappa shape index (κ2) is 11.9. The first-order valence-corrected chi connectivity index (χ1v) is 11.9. The van der Waals surface area contributed by atoms with Crippen molar-refractivity contribution in [2.24, 2.45) is 0 Å². The molecule has 0 unspecified atom stereocenters. The summed E-state index contributed by atoms with van der Waals surface area (Å²) in [5.74, 6) is -0.978. The van der Waals surface area contributed by atoms with Gasteiger partial charge in [0.05, 0.1) is 6.54 Å². The number of nitrogens with one attached hydrogen (secondary N) is 2. The van der Waals surface area contributed by atoms with E-state index in [0.717, 1.165) is 22.4 Å². The maximum atomic E-state index is 13.2. The van der Waals surface area contributed by atoms with E-state index in [1.807, 2.05) is 49.4 Å². The molecule has 194 valence electrons. The molecule has 0 fully saturated rings. The molecule has 3 aromatic carbocycles. The van der Waals surface area contributed by atoms with Crippen LogP contribution in [0.25, 0.3) is 11.1 Å². The molecule has 4 rings (SSSR count). The fourth-order valence-corrected chi connectivity index (χ4v) is 3.97. The highest BCUT2D eigenvalue weighted by atomic mass is 19.3. The first-order chi connectivity index (χ1) is 18.3. The monoisotopic (exact) mass is 514 g/mol. The second-order valence-corrected chi connectivity index (χ2v) is 8.80. The Morgan fingerprint density at radius 1 is 0.921 bits per heavy atom. The number of urea groups is 1. The normalized spacial score (nSPS) is 10.5. The third-order valence-electron chi connectivity index (χ3n) is 6.05. The first kappa shape index (κ1) is 26.2. The average Bonchev–Trinajstić information content (AvgIpc) is 2.92. The Morgan fingerprint density at radius 3 is 2.32 bits per heavy atom. The highest BCUT2D eigenvalue weighted by molar-refractivity contribution is 6.00. The molecule has 0 atom stereocenters. The smallest absolute Gasteiger partial charge is 0.364 e. The van der Waals surface area contributed by atoms with E-state index in [2.05, 4.69) is 15.6 Å². The summed E-state index contributed by atoms with van der Waals surface area (Å²) < 4.78 is 13.6. The molecule has 0 saturated carbocycles. The quantitative estimate of drug-likeness (QED) is 0.329. The van der Waals surface area contributed by atoms with Gasteiger partial charge in [0.15, 0.2) is 0 Å². The van der Waals surface area contributed by atoms with Crippen LogP contribution in [0.15, 0.2) is 95.9 Å². The Morgan fingerprint density at radius 2 is 1.63 bits per heavy atom. The Labute approximate surface area is 219 Å². The molecule has 38 heavy (non-hydrogen) atoms. The number of anilines is 3. The van der Waals surface area contributed by atoms with E-state index >= 15 is 0 Å². The Hall–Kier alpha value is -4.92. The van der Waals surface area contributed by atoms with Crippen LogP contribution < -0.4 is 21.1 Å². The number of para-hydroxylation sites is 1. The number of carbonyl (C=O) groups is 2. The Balaban J connectivity index is 1.43. The van der Waals surface area contributed by atoms with Crippen molar-refractivity contribution in [2.75, 3.05) is 29.1 Å². The molecule has 1 aromatic heterocycles. The van der Waals surface area contributed by atoms with Crippen molar-refractivity contribution in [1.82, 2.24) is 4.57 Å². The van der Waals surface area contributed by atoms with Crippen molar-refractivity contribution in [3.8, 4) is 11.1 Å². The summed E-state index contributed by atoms with van der Waals surface area (Å²) in [4.78, 5) is 41.5. The van der Waals surface area contributed by atoms with Gasteiger partial charge in [0, 0.05) is 40.4 Å². The zero-order chi connectivity index (χ0) is 27.1. The van der Waals surface area contributed by atoms with Gasteiger partial charge < -0.3 is 20.1 Å². The van der Waals surface area contributed by atoms with Crippen LogP contribution >= 0.6 is 0 Å². The van der Waals surface area contributed by atoms with Crippen molar-refractivity contribution in [1.29, 1.82) is 0 Å². The van der Waals surface area contributed by atoms with Crippen molar-refractivity contribution in [3.63, 3.8) is 0 Å². The summed E-state index contributed by atoms with van der Waals surface area (Å²) >= 11 is 0. The summed E-state index contributed by atoms with van der Waals surface area (Å²) in [5.41, 5.74) is 4.99. The van der Waals surface area contributed by atoms with Gasteiger partial charge in [-0.15, -0.1) is 0 Å². The molecule has 0 aliphatic heterocycles. The number of likely N-dealkylation sites (N-methyl/N-ethyl adjacent to an activating group) is 1. The predicted octanol–water partition coefficient (Wildman–Crippen LogP) is 5.38. The van der Waals surface area contributed by atoms with E-state index in [9.17, 15) is 18.9 Å². The number of pyridine rings is 1. The molecule has 0 aliphatic carbocycles. The maximum Gasteiger partial charge on any atom is 0.367 e. The highest BCUT2D eigenvalue weighted by Gasteiger charge is 2.11. The van der Waals surface area contributed by atoms with E-state index < -0.39 is 5.97 Å². The average molecular weight is 515 g/mol. The van der Waals surface area contributed by atoms with Crippen LogP contribution in [0.1, 0.15) is 11.1 Å². The van der Waals surface area contributed by atoms with Gasteiger partial charge in [0.25, 0.3) is 5.56 Å². The van der Waals surface area contributed by atoms with Gasteiger partial charge in [-0.25, -0.2) is 9.59 Å². The molecular formula is C29H27FN4O4. The molecule has 4 aromatic rings. The van der Waals surface area contributed by atoms with Gasteiger partial charge in [-0.3, -0.25) is 9.74 Å². The summed E-state index contributed by atoms with van der Waals surface area (Å²) in [6.45, 7) is 2.05. The molecule has 0 saturated heterocycles. The first-order valence-electron chi connectivity index (χ1n) is 11.9. The molecule has 2 amide bonds. The Bertz CT molecular complexity index is 1480. The third kappa shape index (κ3) is 6.44. The molecule has 9 heteroatoms. The molecular weight excluding hydrogens is 487 g/mol. The minimum atomic E-state index is -0.978. The van der Waals surface area contributed by atoms with Gasteiger partial charge in [-0.05, 0) is 66.1 Å². The molecule has 0 bridgehead atoms. The van der Waals surface area contributed by atoms with Crippen molar-refractivity contribution in [2.45, 2.75) is 13.5 Å². The number of benzene rings is 3. The van der Waals surface area contributed by atoms with Gasteiger partial charge in [0.1, 0.15) is 6.54 Å².